The van der Waals surface area contributed by atoms with Crippen molar-refractivity contribution in [3.05, 3.63) is 11.3 Å². The number of carbonyl (C=O) groups is 1. The largest absolute Gasteiger partial charge is 0.512 e. The highest BCUT2D eigenvalue weighted by atomic mass is 16.3. The molecule has 0 aromatic heterocycles. The number of Topliss-reactive ketones (excluding diaryl/α,β-unsaturated/α-hetero) is 1. The molecular formula is C10H16O2. The molecule has 2 heteroatoms. The summed E-state index contributed by atoms with van der Waals surface area (Å²) < 4.78 is 0. The SMILES string of the molecule is CC(=O)C(CC1CCC1)=C(C)O. The highest BCUT2D eigenvalue weighted by molar-refractivity contribution is 5.93. The van der Waals surface area contributed by atoms with Crippen LogP contribution in [0.25, 0.3) is 0 Å². The van der Waals surface area contributed by atoms with Gasteiger partial charge in [-0.3, -0.25) is 4.79 Å². The van der Waals surface area contributed by atoms with E-state index < -0.39 is 0 Å². The zero-order valence-electron chi connectivity index (χ0n) is 7.76. The predicted molar refractivity (Wildman–Crippen MR) is 48.0 cm³/mol. The molecule has 0 atom stereocenters. The Morgan fingerprint density at radius 1 is 1.42 bits per heavy atom. The van der Waals surface area contributed by atoms with Crippen LogP contribution in [0.1, 0.15) is 39.5 Å². The number of allylic oxidation sites excluding steroid dienone is 2. The van der Waals surface area contributed by atoms with Gasteiger partial charge in [0.1, 0.15) is 0 Å². The number of carbonyl (C=O) groups excluding carboxylic acids is 1. The molecule has 1 N–H and O–H groups in total. The molecule has 0 amide bonds. The van der Waals surface area contributed by atoms with Crippen LogP contribution in [0.2, 0.25) is 0 Å². The molecule has 1 aliphatic carbocycles. The van der Waals surface area contributed by atoms with Gasteiger partial charge < -0.3 is 5.11 Å². The average Bonchev–Trinajstić information content (AvgIpc) is 1.82. The van der Waals surface area contributed by atoms with Gasteiger partial charge in [0.15, 0.2) is 5.78 Å². The van der Waals surface area contributed by atoms with Gasteiger partial charge in [-0.1, -0.05) is 19.3 Å². The molecule has 2 nitrogen and oxygen atoms in total. The van der Waals surface area contributed by atoms with Crippen LogP contribution >= 0.6 is 0 Å². The van der Waals surface area contributed by atoms with Gasteiger partial charge in [-0.2, -0.15) is 0 Å². The minimum absolute atomic E-state index is 0.0156. The smallest absolute Gasteiger partial charge is 0.159 e. The van der Waals surface area contributed by atoms with Gasteiger partial charge in [-0.05, 0) is 26.2 Å². The van der Waals surface area contributed by atoms with Crippen LogP contribution in [0.5, 0.6) is 0 Å². The Balaban J connectivity index is 2.55. The lowest BCUT2D eigenvalue weighted by atomic mass is 9.80. The van der Waals surface area contributed by atoms with E-state index in [2.05, 4.69) is 0 Å². The summed E-state index contributed by atoms with van der Waals surface area (Å²) in [6, 6.07) is 0. The van der Waals surface area contributed by atoms with Gasteiger partial charge in [0.05, 0.1) is 5.76 Å². The van der Waals surface area contributed by atoms with E-state index in [9.17, 15) is 9.90 Å². The summed E-state index contributed by atoms with van der Waals surface area (Å²) in [4.78, 5) is 11.0. The summed E-state index contributed by atoms with van der Waals surface area (Å²) in [5.41, 5.74) is 0.625. The summed E-state index contributed by atoms with van der Waals surface area (Å²) in [5, 5.41) is 9.21. The second-order valence-corrected chi connectivity index (χ2v) is 3.62. The first kappa shape index (κ1) is 9.30. The van der Waals surface area contributed by atoms with Crippen molar-refractivity contribution >= 4 is 5.78 Å². The van der Waals surface area contributed by atoms with E-state index in [0.29, 0.717) is 11.5 Å². The van der Waals surface area contributed by atoms with Crippen LogP contribution in [-0.4, -0.2) is 10.9 Å². The van der Waals surface area contributed by atoms with Crippen LogP contribution in [-0.2, 0) is 4.79 Å². The molecule has 0 bridgehead atoms. The van der Waals surface area contributed by atoms with Crippen molar-refractivity contribution < 1.29 is 9.90 Å². The quantitative estimate of drug-likeness (QED) is 0.519. The fraction of sp³-hybridized carbons (Fsp3) is 0.700. The highest BCUT2D eigenvalue weighted by Crippen LogP contribution is 2.32. The molecule has 0 saturated heterocycles. The molecule has 0 aromatic carbocycles. The third-order valence-electron chi connectivity index (χ3n) is 2.58. The molecule has 0 unspecified atom stereocenters. The zero-order chi connectivity index (χ0) is 9.14. The fourth-order valence-corrected chi connectivity index (χ4v) is 1.53. The zero-order valence-corrected chi connectivity index (χ0v) is 7.76. The molecule has 0 spiro atoms. The molecule has 0 aliphatic heterocycles. The summed E-state index contributed by atoms with van der Waals surface area (Å²) in [6.45, 7) is 3.11. The van der Waals surface area contributed by atoms with Gasteiger partial charge in [0.2, 0.25) is 0 Å². The molecule has 0 aromatic rings. The lowest BCUT2D eigenvalue weighted by molar-refractivity contribution is -0.114. The number of aliphatic hydroxyl groups is 1. The third kappa shape index (κ3) is 2.10. The van der Waals surface area contributed by atoms with Gasteiger partial charge in [0.25, 0.3) is 0 Å². The average molecular weight is 168 g/mol. The number of hydrogen-bond acceptors (Lipinski definition) is 2. The van der Waals surface area contributed by atoms with Gasteiger partial charge >= 0.3 is 0 Å². The molecule has 0 radical (unpaired) electrons. The van der Waals surface area contributed by atoms with Crippen molar-refractivity contribution in [3.8, 4) is 0 Å². The maximum atomic E-state index is 11.0. The van der Waals surface area contributed by atoms with Crippen molar-refractivity contribution in [3.63, 3.8) is 0 Å². The summed E-state index contributed by atoms with van der Waals surface area (Å²) in [7, 11) is 0. The van der Waals surface area contributed by atoms with Gasteiger partial charge in [-0.25, -0.2) is 0 Å². The molecule has 68 valence electrons. The Bertz CT molecular complexity index is 208. The molecule has 12 heavy (non-hydrogen) atoms. The van der Waals surface area contributed by atoms with Crippen molar-refractivity contribution in [1.29, 1.82) is 0 Å². The van der Waals surface area contributed by atoms with Crippen LogP contribution in [0.15, 0.2) is 11.3 Å². The van der Waals surface area contributed by atoms with Crippen LogP contribution in [0.4, 0.5) is 0 Å². The van der Waals surface area contributed by atoms with Crippen molar-refractivity contribution in [1.82, 2.24) is 0 Å². The minimum atomic E-state index is 0.0156. The first-order valence-electron chi connectivity index (χ1n) is 4.51. The Kier molecular flexibility index (Phi) is 2.90. The van der Waals surface area contributed by atoms with Crippen LogP contribution < -0.4 is 0 Å². The van der Waals surface area contributed by atoms with Crippen molar-refractivity contribution in [2.45, 2.75) is 39.5 Å². The van der Waals surface area contributed by atoms with E-state index in [4.69, 9.17) is 0 Å². The van der Waals surface area contributed by atoms with Crippen LogP contribution in [0, 0.1) is 5.92 Å². The molecular weight excluding hydrogens is 152 g/mol. The summed E-state index contributed by atoms with van der Waals surface area (Å²) in [5.74, 6) is 0.863. The Hall–Kier alpha value is -0.790. The minimum Gasteiger partial charge on any atom is -0.512 e. The molecule has 1 saturated carbocycles. The van der Waals surface area contributed by atoms with E-state index in [1.54, 1.807) is 6.92 Å². The van der Waals surface area contributed by atoms with E-state index in [-0.39, 0.29) is 11.5 Å². The van der Waals surface area contributed by atoms with E-state index in [0.717, 1.165) is 6.42 Å². The lowest BCUT2D eigenvalue weighted by Crippen LogP contribution is -2.14. The normalized spacial score (nSPS) is 19.8. The van der Waals surface area contributed by atoms with E-state index in [1.807, 2.05) is 0 Å². The first-order valence-corrected chi connectivity index (χ1v) is 4.51. The Morgan fingerprint density at radius 3 is 2.25 bits per heavy atom. The summed E-state index contributed by atoms with van der Waals surface area (Å²) in [6.07, 6.45) is 4.48. The standard InChI is InChI=1S/C10H16O2/c1-7(11)10(8(2)12)6-9-4-3-5-9/h9,11H,3-6H2,1-2H3. The second-order valence-electron chi connectivity index (χ2n) is 3.62. The fourth-order valence-electron chi connectivity index (χ4n) is 1.53. The monoisotopic (exact) mass is 168 g/mol. The Labute approximate surface area is 73.3 Å². The maximum Gasteiger partial charge on any atom is 0.159 e. The van der Waals surface area contributed by atoms with E-state index >= 15 is 0 Å². The maximum absolute atomic E-state index is 11.0. The summed E-state index contributed by atoms with van der Waals surface area (Å²) >= 11 is 0. The topological polar surface area (TPSA) is 37.3 Å². The van der Waals surface area contributed by atoms with Gasteiger partial charge in [-0.15, -0.1) is 0 Å². The number of rotatable bonds is 3. The van der Waals surface area contributed by atoms with Crippen molar-refractivity contribution in [2.24, 2.45) is 5.92 Å². The number of aliphatic hydroxyl groups excluding tert-OH is 1. The van der Waals surface area contributed by atoms with Crippen LogP contribution in [0.3, 0.4) is 0 Å². The number of hydrogen-bond donors (Lipinski definition) is 1. The lowest BCUT2D eigenvalue weighted by Gasteiger charge is -2.25. The Morgan fingerprint density at radius 2 is 2.00 bits per heavy atom. The molecule has 1 rings (SSSR count). The first-order chi connectivity index (χ1) is 5.61. The van der Waals surface area contributed by atoms with Gasteiger partial charge in [0, 0.05) is 5.57 Å². The van der Waals surface area contributed by atoms with E-state index in [1.165, 1.54) is 26.2 Å². The second kappa shape index (κ2) is 3.74. The highest BCUT2D eigenvalue weighted by Gasteiger charge is 2.21. The van der Waals surface area contributed by atoms with Crippen molar-refractivity contribution in [2.75, 3.05) is 0 Å². The molecule has 0 heterocycles. The third-order valence-corrected chi connectivity index (χ3v) is 2.58. The molecule has 1 aliphatic rings. The molecule has 1 fully saturated rings. The number of ketones is 1. The predicted octanol–water partition coefficient (Wildman–Crippen LogP) is 2.60.